The summed E-state index contributed by atoms with van der Waals surface area (Å²) in [5, 5.41) is 6.16. The Morgan fingerprint density at radius 1 is 1.44 bits per heavy atom. The van der Waals surface area contributed by atoms with Crippen molar-refractivity contribution in [3.63, 3.8) is 0 Å². The first-order valence-electron chi connectivity index (χ1n) is 6.34. The lowest BCUT2D eigenvalue weighted by atomic mass is 9.96. The summed E-state index contributed by atoms with van der Waals surface area (Å²) >= 11 is 0. The van der Waals surface area contributed by atoms with Gasteiger partial charge < -0.3 is 15.4 Å². The zero-order valence-electron chi connectivity index (χ0n) is 11.1. The topological polar surface area (TPSA) is 50.4 Å². The van der Waals surface area contributed by atoms with Gasteiger partial charge in [0.05, 0.1) is 5.69 Å². The molecule has 0 fully saturated rings. The van der Waals surface area contributed by atoms with Crippen molar-refractivity contribution in [2.45, 2.75) is 26.3 Å². The molecule has 1 aromatic rings. The molecule has 0 spiro atoms. The highest BCUT2D eigenvalue weighted by atomic mass is 16.5. The van der Waals surface area contributed by atoms with Gasteiger partial charge >= 0.3 is 0 Å². The lowest BCUT2D eigenvalue weighted by Gasteiger charge is -2.23. The van der Waals surface area contributed by atoms with Crippen LogP contribution in [-0.4, -0.2) is 19.6 Å². The van der Waals surface area contributed by atoms with Crippen molar-refractivity contribution in [3.05, 3.63) is 23.8 Å². The van der Waals surface area contributed by atoms with Crippen LogP contribution in [0.3, 0.4) is 0 Å². The second-order valence-electron chi connectivity index (χ2n) is 5.06. The van der Waals surface area contributed by atoms with Gasteiger partial charge in [-0.3, -0.25) is 4.79 Å². The minimum atomic E-state index is -0.0930. The van der Waals surface area contributed by atoms with E-state index in [1.807, 2.05) is 19.2 Å². The fourth-order valence-electron chi connectivity index (χ4n) is 2.21. The number of amides is 1. The van der Waals surface area contributed by atoms with Crippen LogP contribution in [0.25, 0.3) is 0 Å². The third kappa shape index (κ3) is 2.82. The number of rotatable bonds is 4. The van der Waals surface area contributed by atoms with E-state index in [4.69, 9.17) is 4.74 Å². The molecular formula is C14H20N2O2. The molecule has 18 heavy (non-hydrogen) atoms. The van der Waals surface area contributed by atoms with Crippen molar-refractivity contribution in [1.82, 2.24) is 5.32 Å². The second-order valence-corrected chi connectivity index (χ2v) is 5.06. The Bertz CT molecular complexity index is 443. The third-order valence-electron chi connectivity index (χ3n) is 3.09. The maximum Gasteiger partial charge on any atom is 0.262 e. The largest absolute Gasteiger partial charge is 0.482 e. The van der Waals surface area contributed by atoms with Crippen molar-refractivity contribution >= 4 is 11.6 Å². The lowest BCUT2D eigenvalue weighted by Crippen LogP contribution is -2.26. The number of carbonyl (C=O) groups is 1. The van der Waals surface area contributed by atoms with Gasteiger partial charge in [0.15, 0.2) is 6.61 Å². The number of anilines is 1. The SMILES string of the molecule is CNC(CC(C)C)c1ccc2c(c1)NC(=O)CO2. The van der Waals surface area contributed by atoms with Crippen LogP contribution in [0, 0.1) is 5.92 Å². The summed E-state index contributed by atoms with van der Waals surface area (Å²) in [6.45, 7) is 4.51. The second kappa shape index (κ2) is 5.40. The van der Waals surface area contributed by atoms with Gasteiger partial charge in [0.1, 0.15) is 5.75 Å². The molecule has 1 aromatic carbocycles. The summed E-state index contributed by atoms with van der Waals surface area (Å²) in [7, 11) is 1.96. The van der Waals surface area contributed by atoms with E-state index in [0.717, 1.165) is 17.9 Å². The normalized spacial score (nSPS) is 15.9. The van der Waals surface area contributed by atoms with Gasteiger partial charge in [-0.15, -0.1) is 0 Å². The Labute approximate surface area is 108 Å². The zero-order valence-corrected chi connectivity index (χ0v) is 11.1. The van der Waals surface area contributed by atoms with E-state index in [9.17, 15) is 4.79 Å². The summed E-state index contributed by atoms with van der Waals surface area (Å²) < 4.78 is 5.35. The van der Waals surface area contributed by atoms with Gasteiger partial charge in [-0.05, 0) is 37.1 Å². The van der Waals surface area contributed by atoms with Crippen LogP contribution in [0.15, 0.2) is 18.2 Å². The fourth-order valence-corrected chi connectivity index (χ4v) is 2.21. The molecule has 1 amide bonds. The highest BCUT2D eigenvalue weighted by Crippen LogP contribution is 2.32. The van der Waals surface area contributed by atoms with Crippen molar-refractivity contribution in [2.75, 3.05) is 19.0 Å². The monoisotopic (exact) mass is 248 g/mol. The smallest absolute Gasteiger partial charge is 0.262 e. The lowest BCUT2D eigenvalue weighted by molar-refractivity contribution is -0.118. The van der Waals surface area contributed by atoms with E-state index >= 15 is 0 Å². The van der Waals surface area contributed by atoms with Gasteiger partial charge in [-0.25, -0.2) is 0 Å². The van der Waals surface area contributed by atoms with Crippen LogP contribution in [-0.2, 0) is 4.79 Å². The molecular weight excluding hydrogens is 228 g/mol. The third-order valence-corrected chi connectivity index (χ3v) is 3.09. The van der Waals surface area contributed by atoms with Gasteiger partial charge in [0, 0.05) is 6.04 Å². The van der Waals surface area contributed by atoms with E-state index in [1.54, 1.807) is 0 Å². The molecule has 0 radical (unpaired) electrons. The van der Waals surface area contributed by atoms with Crippen LogP contribution in [0.5, 0.6) is 5.75 Å². The highest BCUT2D eigenvalue weighted by molar-refractivity contribution is 5.95. The first kappa shape index (κ1) is 12.9. The van der Waals surface area contributed by atoms with Crippen LogP contribution >= 0.6 is 0 Å². The molecule has 0 saturated carbocycles. The molecule has 2 N–H and O–H groups in total. The van der Waals surface area contributed by atoms with Gasteiger partial charge in [0.2, 0.25) is 0 Å². The van der Waals surface area contributed by atoms with E-state index in [-0.39, 0.29) is 12.5 Å². The van der Waals surface area contributed by atoms with Crippen LogP contribution in [0.1, 0.15) is 31.9 Å². The minimum Gasteiger partial charge on any atom is -0.482 e. The van der Waals surface area contributed by atoms with Gasteiger partial charge in [-0.2, -0.15) is 0 Å². The van der Waals surface area contributed by atoms with Crippen molar-refractivity contribution in [2.24, 2.45) is 5.92 Å². The summed E-state index contributed by atoms with van der Waals surface area (Å²) in [6.07, 6.45) is 1.06. The van der Waals surface area contributed by atoms with Crippen molar-refractivity contribution < 1.29 is 9.53 Å². The maximum atomic E-state index is 11.3. The number of hydrogen-bond donors (Lipinski definition) is 2. The molecule has 1 heterocycles. The zero-order chi connectivity index (χ0) is 13.1. The average Bonchev–Trinajstić information content (AvgIpc) is 2.34. The maximum absolute atomic E-state index is 11.3. The standard InChI is InChI=1S/C14H20N2O2/c1-9(2)6-11(15-3)10-4-5-13-12(7-10)16-14(17)8-18-13/h4-5,7,9,11,15H,6,8H2,1-3H3,(H,16,17). The number of benzene rings is 1. The Morgan fingerprint density at radius 3 is 2.89 bits per heavy atom. The quantitative estimate of drug-likeness (QED) is 0.859. The first-order valence-corrected chi connectivity index (χ1v) is 6.34. The summed E-state index contributed by atoms with van der Waals surface area (Å²) in [6, 6.07) is 6.28. The first-order chi connectivity index (χ1) is 8.60. The van der Waals surface area contributed by atoms with Crippen LogP contribution in [0.2, 0.25) is 0 Å². The number of fused-ring (bicyclic) bond motifs is 1. The number of ether oxygens (including phenoxy) is 1. The van der Waals surface area contributed by atoms with Gasteiger partial charge in [-0.1, -0.05) is 19.9 Å². The van der Waals surface area contributed by atoms with E-state index < -0.39 is 0 Å². The molecule has 1 aliphatic heterocycles. The van der Waals surface area contributed by atoms with Crippen LogP contribution in [0.4, 0.5) is 5.69 Å². The Morgan fingerprint density at radius 2 is 2.22 bits per heavy atom. The molecule has 1 aliphatic rings. The number of nitrogens with one attached hydrogen (secondary N) is 2. The minimum absolute atomic E-state index is 0.0930. The van der Waals surface area contributed by atoms with Gasteiger partial charge in [0.25, 0.3) is 5.91 Å². The molecule has 0 saturated heterocycles. The molecule has 0 aliphatic carbocycles. The molecule has 0 bridgehead atoms. The van der Waals surface area contributed by atoms with E-state index in [2.05, 4.69) is 30.5 Å². The Hall–Kier alpha value is -1.55. The average molecular weight is 248 g/mol. The predicted octanol–water partition coefficient (Wildman–Crippen LogP) is 2.32. The summed E-state index contributed by atoms with van der Waals surface area (Å²) in [5.41, 5.74) is 1.95. The number of hydrogen-bond acceptors (Lipinski definition) is 3. The predicted molar refractivity (Wildman–Crippen MR) is 71.8 cm³/mol. The molecule has 98 valence electrons. The Balaban J connectivity index is 2.23. The molecule has 1 unspecified atom stereocenters. The van der Waals surface area contributed by atoms with E-state index in [1.165, 1.54) is 5.56 Å². The molecule has 0 aromatic heterocycles. The fraction of sp³-hybridized carbons (Fsp3) is 0.500. The summed E-state index contributed by atoms with van der Waals surface area (Å²) in [5.74, 6) is 1.27. The van der Waals surface area contributed by atoms with Crippen molar-refractivity contribution in [3.8, 4) is 5.75 Å². The molecule has 2 rings (SSSR count). The molecule has 4 nitrogen and oxygen atoms in total. The van der Waals surface area contributed by atoms with Crippen LogP contribution < -0.4 is 15.4 Å². The molecule has 4 heteroatoms. The molecule has 1 atom stereocenters. The van der Waals surface area contributed by atoms with E-state index in [0.29, 0.717) is 12.0 Å². The highest BCUT2D eigenvalue weighted by Gasteiger charge is 2.18. The summed E-state index contributed by atoms with van der Waals surface area (Å²) in [4.78, 5) is 11.3. The van der Waals surface area contributed by atoms with Crippen molar-refractivity contribution in [1.29, 1.82) is 0 Å². The number of carbonyl (C=O) groups excluding carboxylic acids is 1. The Kier molecular flexibility index (Phi) is 3.87.